The predicted molar refractivity (Wildman–Crippen MR) is 187 cm³/mol. The normalized spacial score (nSPS) is 25.3. The first-order valence-electron chi connectivity index (χ1n) is 17.5. The minimum Gasteiger partial charge on any atom is -0.354 e. The summed E-state index contributed by atoms with van der Waals surface area (Å²) in [6, 6.07) is 8.50. The molecule has 1 aromatic carbocycles. The lowest BCUT2D eigenvalue weighted by Crippen LogP contribution is -2.60. The van der Waals surface area contributed by atoms with E-state index in [2.05, 4.69) is 12.0 Å². The van der Waals surface area contributed by atoms with Crippen molar-refractivity contribution in [2.24, 2.45) is 23.3 Å². The number of amides is 2. The minimum absolute atomic E-state index is 0.0567. The van der Waals surface area contributed by atoms with Crippen LogP contribution in [-0.4, -0.2) is 124 Å². The van der Waals surface area contributed by atoms with Crippen LogP contribution in [0.1, 0.15) is 37.7 Å². The van der Waals surface area contributed by atoms with Gasteiger partial charge in [-0.3, -0.25) is 9.59 Å². The number of alkyl halides is 2. The quantitative estimate of drug-likeness (QED) is 0.295. The molecule has 4 N–H and O–H groups in total. The molecular weight excluding hydrogens is 690 g/mol. The van der Waals surface area contributed by atoms with Crippen molar-refractivity contribution in [3.05, 3.63) is 47.1 Å². The largest absolute Gasteiger partial charge is 0.354 e. The third kappa shape index (κ3) is 7.63. The molecule has 3 aliphatic heterocycles. The molecular formula is C34H48ClF2N8O4S+. The van der Waals surface area contributed by atoms with Gasteiger partial charge < -0.3 is 30.7 Å². The summed E-state index contributed by atoms with van der Waals surface area (Å²) < 4.78 is 61.2. The van der Waals surface area contributed by atoms with E-state index in [1.165, 1.54) is 28.6 Å². The van der Waals surface area contributed by atoms with Crippen molar-refractivity contribution >= 4 is 44.9 Å². The number of nitrogens with zero attached hydrogens (tertiary/aromatic N) is 6. The average molecular weight is 738 g/mol. The van der Waals surface area contributed by atoms with Gasteiger partial charge in [0.2, 0.25) is 21.8 Å². The average Bonchev–Trinajstić information content (AvgIpc) is 3.45. The fourth-order valence-corrected chi connectivity index (χ4v) is 9.45. The Kier molecular flexibility index (Phi) is 10.7. The van der Waals surface area contributed by atoms with Crippen LogP contribution in [0.5, 0.6) is 0 Å². The summed E-state index contributed by atoms with van der Waals surface area (Å²) >= 11 is 6.30. The van der Waals surface area contributed by atoms with Gasteiger partial charge in [-0.25, -0.2) is 22.2 Å². The Hall–Kier alpha value is -2.95. The molecule has 4 heterocycles. The molecule has 6 rings (SSSR count). The van der Waals surface area contributed by atoms with E-state index in [4.69, 9.17) is 23.1 Å². The molecule has 1 aromatic heterocycles. The summed E-state index contributed by atoms with van der Waals surface area (Å²) in [6.07, 6.45) is 1.54. The summed E-state index contributed by atoms with van der Waals surface area (Å²) in [7, 11) is -1.68. The number of benzene rings is 1. The monoisotopic (exact) mass is 737 g/mol. The first kappa shape index (κ1) is 36.8. The zero-order valence-corrected chi connectivity index (χ0v) is 30.1. The fraction of sp³-hybridized carbons (Fsp3) is 0.618. The second-order valence-corrected chi connectivity index (χ2v) is 16.8. The number of sulfonamides is 1. The van der Waals surface area contributed by atoms with E-state index in [9.17, 15) is 18.0 Å². The van der Waals surface area contributed by atoms with Crippen molar-refractivity contribution in [3.63, 3.8) is 0 Å². The summed E-state index contributed by atoms with van der Waals surface area (Å²) in [5.74, 6) is -4.11. The molecule has 1 aliphatic carbocycles. The Balaban J connectivity index is 1.05. The second kappa shape index (κ2) is 14.6. The number of anilines is 2. The standard InChI is InChI=1S/C34H48ClF2N8O4S/c1-45(17-10-38)18-15-42(16-19-45)33(47)24-2-4-25(5-3-24)34(36,37)26-20-30(35)40-31(21-26)41-11-13-43(14-12-41)50(48,49)29-8-6-28(7-9-29)44-23-27(39)22-32(44)46/h6-9,20-21,24-25,27H,2-5,10-19,22-23,38-39H2,1H3/q+1/t24-,25-,27-/m1/s1. The van der Waals surface area contributed by atoms with Crippen LogP contribution in [0.25, 0.3) is 0 Å². The van der Waals surface area contributed by atoms with Gasteiger partial charge in [-0.2, -0.15) is 4.31 Å². The van der Waals surface area contributed by atoms with E-state index in [1.54, 1.807) is 21.9 Å². The lowest BCUT2D eigenvalue weighted by molar-refractivity contribution is -0.911. The Morgan fingerprint density at radius 2 is 1.66 bits per heavy atom. The fourth-order valence-electron chi connectivity index (χ4n) is 7.83. The predicted octanol–water partition coefficient (Wildman–Crippen LogP) is 2.46. The van der Waals surface area contributed by atoms with Gasteiger partial charge in [0, 0.05) is 74.8 Å². The van der Waals surface area contributed by atoms with Gasteiger partial charge in [0.15, 0.2) is 0 Å². The number of quaternary nitrogens is 1. The van der Waals surface area contributed by atoms with Crippen LogP contribution in [0, 0.1) is 11.8 Å². The first-order chi connectivity index (χ1) is 23.7. The zero-order chi connectivity index (χ0) is 35.8. The number of likely N-dealkylation sites (N-methyl/N-ethyl adjacent to an activating group) is 1. The third-order valence-corrected chi connectivity index (χ3v) is 13.2. The maximum Gasteiger partial charge on any atom is 0.276 e. The molecule has 2 amide bonds. The van der Waals surface area contributed by atoms with Crippen LogP contribution in [0.2, 0.25) is 5.15 Å². The summed E-state index contributed by atoms with van der Waals surface area (Å²) in [5.41, 5.74) is 12.0. The van der Waals surface area contributed by atoms with E-state index in [1.807, 2.05) is 4.90 Å². The van der Waals surface area contributed by atoms with Crippen LogP contribution in [-0.2, 0) is 25.5 Å². The van der Waals surface area contributed by atoms with E-state index in [0.29, 0.717) is 44.7 Å². The van der Waals surface area contributed by atoms with Crippen LogP contribution in [0.4, 0.5) is 20.3 Å². The molecule has 4 aliphatic rings. The molecule has 2 aromatic rings. The highest BCUT2D eigenvalue weighted by Crippen LogP contribution is 2.46. The number of hydrogen-bond acceptors (Lipinski definition) is 8. The number of pyridine rings is 1. The lowest BCUT2D eigenvalue weighted by Gasteiger charge is -2.43. The van der Waals surface area contributed by atoms with Crippen molar-refractivity contribution in [2.75, 3.05) is 88.8 Å². The van der Waals surface area contributed by atoms with Crippen LogP contribution in [0.3, 0.4) is 0 Å². The van der Waals surface area contributed by atoms with Crippen molar-refractivity contribution in [1.29, 1.82) is 0 Å². The van der Waals surface area contributed by atoms with Crippen LogP contribution in [0.15, 0.2) is 41.3 Å². The number of piperazine rings is 2. The highest BCUT2D eigenvalue weighted by Gasteiger charge is 2.45. The number of halogens is 3. The molecule has 0 bridgehead atoms. The van der Waals surface area contributed by atoms with Gasteiger partial charge in [0.25, 0.3) is 5.92 Å². The minimum atomic E-state index is -3.83. The Labute approximate surface area is 297 Å². The van der Waals surface area contributed by atoms with Gasteiger partial charge in [-0.05, 0) is 62.1 Å². The Morgan fingerprint density at radius 1 is 1.02 bits per heavy atom. The number of carbonyl (C=O) groups excluding carboxylic acids is 2. The Morgan fingerprint density at radius 3 is 2.24 bits per heavy atom. The molecule has 0 spiro atoms. The third-order valence-electron chi connectivity index (χ3n) is 11.1. The zero-order valence-electron chi connectivity index (χ0n) is 28.5. The smallest absolute Gasteiger partial charge is 0.276 e. The molecule has 274 valence electrons. The van der Waals surface area contributed by atoms with Crippen LogP contribution >= 0.6 is 11.6 Å². The van der Waals surface area contributed by atoms with E-state index in [-0.39, 0.29) is 90.6 Å². The number of nitrogens with two attached hydrogens (primary N) is 2. The van der Waals surface area contributed by atoms with Crippen LogP contribution < -0.4 is 21.3 Å². The topological polar surface area (TPSA) is 146 Å². The van der Waals surface area contributed by atoms with Crippen molar-refractivity contribution < 1.29 is 31.3 Å². The van der Waals surface area contributed by atoms with Crippen molar-refractivity contribution in [2.45, 2.75) is 49.0 Å². The number of aromatic nitrogens is 1. The highest BCUT2D eigenvalue weighted by atomic mass is 35.5. The van der Waals surface area contributed by atoms with Gasteiger partial charge >= 0.3 is 0 Å². The van der Waals surface area contributed by atoms with E-state index < -0.39 is 21.9 Å². The number of rotatable bonds is 9. The van der Waals surface area contributed by atoms with Gasteiger partial charge in [0.1, 0.15) is 11.0 Å². The summed E-state index contributed by atoms with van der Waals surface area (Å²) in [5, 5.41) is -0.0567. The summed E-state index contributed by atoms with van der Waals surface area (Å²) in [6.45, 7) is 5.61. The molecule has 0 unspecified atom stereocenters. The number of carbonyl (C=O) groups is 2. The molecule has 4 fully saturated rings. The highest BCUT2D eigenvalue weighted by molar-refractivity contribution is 7.89. The molecule has 50 heavy (non-hydrogen) atoms. The molecule has 3 saturated heterocycles. The summed E-state index contributed by atoms with van der Waals surface area (Å²) in [4.78, 5) is 35.1. The van der Waals surface area contributed by atoms with Crippen molar-refractivity contribution in [3.8, 4) is 0 Å². The lowest BCUT2D eigenvalue weighted by atomic mass is 9.77. The first-order valence-corrected chi connectivity index (χ1v) is 19.3. The Bertz CT molecular complexity index is 1660. The maximum absolute atomic E-state index is 16.1. The number of hydrogen-bond donors (Lipinski definition) is 2. The van der Waals surface area contributed by atoms with Gasteiger partial charge in [0.05, 0.1) is 44.7 Å². The van der Waals surface area contributed by atoms with E-state index in [0.717, 1.165) is 24.1 Å². The molecule has 16 heteroatoms. The SMILES string of the molecule is C[N+]1(CCN)CCN(C(=O)[C@H]2CC[C@H](C(F)(F)c3cc(Cl)nc(N4CCN(S(=O)(=O)c5ccc(N6C[C@H](N)CC6=O)cc5)CC4)c3)CC2)CC1. The second-order valence-electron chi connectivity index (χ2n) is 14.5. The maximum atomic E-state index is 16.1. The van der Waals surface area contributed by atoms with Gasteiger partial charge in [-0.15, -0.1) is 0 Å². The molecule has 1 atom stereocenters. The molecule has 0 radical (unpaired) electrons. The molecule has 12 nitrogen and oxygen atoms in total. The molecule has 1 saturated carbocycles. The van der Waals surface area contributed by atoms with Gasteiger partial charge in [-0.1, -0.05) is 11.6 Å². The van der Waals surface area contributed by atoms with E-state index >= 15 is 8.78 Å². The van der Waals surface area contributed by atoms with Crippen molar-refractivity contribution in [1.82, 2.24) is 14.2 Å².